The number of nitrogens with zero attached hydrogens (tertiary/aromatic N) is 2. The van der Waals surface area contributed by atoms with Crippen molar-refractivity contribution in [3.05, 3.63) is 76.3 Å². The normalized spacial score (nSPS) is 26.3. The molecular weight excluding hydrogens is 886 g/mol. The number of thioether (sulfide) groups is 1. The van der Waals surface area contributed by atoms with Gasteiger partial charge in [-0.3, -0.25) is 19.7 Å². The van der Waals surface area contributed by atoms with Gasteiger partial charge in [-0.15, -0.1) is 0 Å². The fourth-order valence-corrected chi connectivity index (χ4v) is 9.03. The summed E-state index contributed by atoms with van der Waals surface area (Å²) in [6.07, 6.45) is 0.749. The summed E-state index contributed by atoms with van der Waals surface area (Å²) in [6, 6.07) is 9.84. The Labute approximate surface area is 388 Å². The first-order valence-corrected chi connectivity index (χ1v) is 22.6. The number of halogens is 1. The first kappa shape index (κ1) is 50.3. The van der Waals surface area contributed by atoms with E-state index in [-0.39, 0.29) is 36.1 Å². The van der Waals surface area contributed by atoms with Gasteiger partial charge < -0.3 is 49.2 Å². The zero-order valence-corrected chi connectivity index (χ0v) is 39.9. The van der Waals surface area contributed by atoms with Crippen LogP contribution in [0.4, 0.5) is 16.2 Å². The van der Waals surface area contributed by atoms with Crippen molar-refractivity contribution in [1.82, 2.24) is 15.5 Å². The molecule has 8 atom stereocenters. The average Bonchev–Trinajstić information content (AvgIpc) is 3.94. The van der Waals surface area contributed by atoms with E-state index in [2.05, 4.69) is 16.0 Å². The number of amides is 4. The minimum atomic E-state index is -1.85. The highest BCUT2D eigenvalue weighted by Gasteiger charge is 2.64. The molecule has 0 aliphatic carbocycles. The van der Waals surface area contributed by atoms with Crippen molar-refractivity contribution in [3.63, 3.8) is 0 Å². The Balaban J connectivity index is 1.33. The van der Waals surface area contributed by atoms with Crippen LogP contribution in [0.25, 0.3) is 0 Å². The molecule has 0 saturated carbocycles. The maximum atomic E-state index is 14.3. The van der Waals surface area contributed by atoms with Gasteiger partial charge in [-0.1, -0.05) is 78.4 Å². The third-order valence-electron chi connectivity index (χ3n) is 11.8. The molecule has 4 amide bonds. The van der Waals surface area contributed by atoms with Crippen LogP contribution in [-0.4, -0.2) is 120 Å². The molecule has 64 heavy (non-hydrogen) atoms. The molecule has 3 aliphatic rings. The minimum absolute atomic E-state index is 0.0682. The summed E-state index contributed by atoms with van der Waals surface area (Å²) in [5.74, 6) is -1.58. The zero-order chi connectivity index (χ0) is 47.1. The maximum absolute atomic E-state index is 14.3. The van der Waals surface area contributed by atoms with Crippen LogP contribution in [0, 0.1) is 5.92 Å². The Morgan fingerprint density at radius 3 is 2.55 bits per heavy atom. The lowest BCUT2D eigenvalue weighted by atomic mass is 9.83. The summed E-state index contributed by atoms with van der Waals surface area (Å²) < 4.78 is 29.9. The van der Waals surface area contributed by atoms with E-state index in [1.807, 2.05) is 25.1 Å². The van der Waals surface area contributed by atoms with Gasteiger partial charge in [0.25, 0.3) is 0 Å². The lowest BCUT2D eigenvalue weighted by molar-refractivity contribution is -0.162. The van der Waals surface area contributed by atoms with E-state index < -0.39 is 65.7 Å². The van der Waals surface area contributed by atoms with E-state index in [0.29, 0.717) is 40.2 Å². The fraction of sp³-hybridized carbons (Fsp3) is 0.511. The number of fused-ring (bicyclic) bond motifs is 5. The molecule has 0 spiro atoms. The second-order valence-electron chi connectivity index (χ2n) is 16.5. The number of aliphatic hydroxyl groups is 1. The molecule has 4 N–H and O–H groups in total. The van der Waals surface area contributed by atoms with E-state index in [1.54, 1.807) is 57.3 Å². The van der Waals surface area contributed by atoms with Crippen molar-refractivity contribution in [3.8, 4) is 5.75 Å². The van der Waals surface area contributed by atoms with Gasteiger partial charge in [0.15, 0.2) is 5.72 Å². The number of alkyl carbamates (subject to hydrolysis) is 1. The number of thiocarbonyl (C=S) groups is 1. The molecular formula is C45H58ClN5O11S2. The van der Waals surface area contributed by atoms with E-state index in [4.69, 9.17) is 47.5 Å². The number of likely N-dealkylation sites (N-methyl/N-ethyl adjacent to an activating group) is 1. The smallest absolute Gasteiger partial charge is 0.409 e. The quantitative estimate of drug-likeness (QED) is 0.122. The SMILES string of the molecule is COc1cc2cc(c1Cl)N(C)C(=O)CC(OC(=O)C(C)N(C)C(=O)CCSC(=S)NCc1ccc(NC(C)=O)cc1)C1(C)OC1C(C)C1CC(O)(NC(=O)O1)C(OC)C=CC=C(C)C2. The second-order valence-corrected chi connectivity index (χ2v) is 18.7. The third-order valence-corrected chi connectivity index (χ3v) is 13.5. The summed E-state index contributed by atoms with van der Waals surface area (Å²) in [5, 5.41) is 20.4. The lowest BCUT2D eigenvalue weighted by Gasteiger charge is -2.42. The summed E-state index contributed by atoms with van der Waals surface area (Å²) in [7, 11) is 5.97. The van der Waals surface area contributed by atoms with E-state index in [1.165, 1.54) is 56.7 Å². The summed E-state index contributed by atoms with van der Waals surface area (Å²) in [5.41, 5.74) is 0.597. The van der Waals surface area contributed by atoms with Gasteiger partial charge in [-0.05, 0) is 62.6 Å². The van der Waals surface area contributed by atoms with Crippen LogP contribution >= 0.6 is 35.6 Å². The first-order valence-electron chi connectivity index (χ1n) is 20.8. The number of allylic oxidation sites excluding steroid dienone is 3. The van der Waals surface area contributed by atoms with Crippen LogP contribution in [0.15, 0.2) is 60.2 Å². The molecule has 3 aliphatic heterocycles. The number of anilines is 2. The summed E-state index contributed by atoms with van der Waals surface area (Å²) in [4.78, 5) is 68.5. The Morgan fingerprint density at radius 2 is 1.89 bits per heavy atom. The fourth-order valence-electron chi connectivity index (χ4n) is 7.76. The van der Waals surface area contributed by atoms with Crippen molar-refractivity contribution in [2.45, 2.75) is 109 Å². The van der Waals surface area contributed by atoms with Gasteiger partial charge in [0.1, 0.15) is 45.0 Å². The first-order chi connectivity index (χ1) is 30.2. The Hall–Kier alpha value is -4.72. The number of rotatable bonds is 11. The molecule has 348 valence electrons. The summed E-state index contributed by atoms with van der Waals surface area (Å²) in [6.45, 7) is 8.84. The molecule has 4 bridgehead atoms. The number of carbonyl (C=O) groups is 5. The number of hydrogen-bond donors (Lipinski definition) is 4. The molecule has 5 rings (SSSR count). The van der Waals surface area contributed by atoms with E-state index in [9.17, 15) is 29.1 Å². The number of ether oxygens (including phenoxy) is 5. The molecule has 2 aromatic carbocycles. The molecule has 0 aromatic heterocycles. The average molecular weight is 945 g/mol. The topological polar surface area (TPSA) is 198 Å². The molecule has 19 heteroatoms. The van der Waals surface area contributed by atoms with Crippen LogP contribution in [0.5, 0.6) is 5.75 Å². The number of carbonyl (C=O) groups excluding carboxylic acids is 5. The number of nitrogens with one attached hydrogen (secondary N) is 3. The van der Waals surface area contributed by atoms with Crippen LogP contribution in [0.2, 0.25) is 5.02 Å². The number of esters is 1. The van der Waals surface area contributed by atoms with Crippen LogP contribution in [-0.2, 0) is 51.1 Å². The number of hydrogen-bond acceptors (Lipinski definition) is 13. The Bertz CT molecular complexity index is 2160. The largest absolute Gasteiger partial charge is 0.495 e. The second kappa shape index (κ2) is 21.5. The number of benzene rings is 2. The number of epoxide rings is 1. The Kier molecular flexibility index (Phi) is 16.9. The molecule has 2 saturated heterocycles. The van der Waals surface area contributed by atoms with E-state index >= 15 is 0 Å². The van der Waals surface area contributed by atoms with Crippen molar-refractivity contribution in [1.29, 1.82) is 0 Å². The molecule has 0 radical (unpaired) electrons. The molecule has 2 aromatic rings. The standard InChI is InChI=1S/C45H58ClN5O11S2/c1-25-11-10-12-35(59-9)45(57)23-34(60-42(56)49-45)26(2)40-44(5,62-40)36(22-38(54)51(7)32-20-30(19-25)21-33(58-8)39(32)46)61-41(55)27(3)50(6)37(53)17-18-64-43(63)47-24-29-13-15-31(16-14-29)48-28(4)52/h10-16,20-21,26-27,34-36,40,57H,17-19,22-24H2,1-9H3,(H,47,63)(H,48,52)(H,49,56). The monoisotopic (exact) mass is 943 g/mol. The van der Waals surface area contributed by atoms with Gasteiger partial charge in [0, 0.05) is 64.9 Å². The Morgan fingerprint density at radius 1 is 1.19 bits per heavy atom. The van der Waals surface area contributed by atoms with Crippen molar-refractivity contribution in [2.75, 3.05) is 44.3 Å². The molecule has 8 unspecified atom stereocenters. The highest BCUT2D eigenvalue weighted by Crippen LogP contribution is 2.49. The predicted octanol–water partition coefficient (Wildman–Crippen LogP) is 5.67. The van der Waals surface area contributed by atoms with Crippen molar-refractivity contribution < 1.29 is 52.8 Å². The van der Waals surface area contributed by atoms with Gasteiger partial charge in [0.2, 0.25) is 17.7 Å². The predicted molar refractivity (Wildman–Crippen MR) is 248 cm³/mol. The van der Waals surface area contributed by atoms with Gasteiger partial charge in [-0.25, -0.2) is 9.59 Å². The third kappa shape index (κ3) is 12.3. The molecule has 2 fully saturated rings. The molecule has 16 nitrogen and oxygen atoms in total. The van der Waals surface area contributed by atoms with Gasteiger partial charge >= 0.3 is 12.1 Å². The van der Waals surface area contributed by atoms with Crippen LogP contribution in [0.3, 0.4) is 0 Å². The van der Waals surface area contributed by atoms with Crippen molar-refractivity contribution >= 4 is 81.1 Å². The van der Waals surface area contributed by atoms with Gasteiger partial charge in [-0.2, -0.15) is 0 Å². The van der Waals surface area contributed by atoms with Crippen molar-refractivity contribution in [2.24, 2.45) is 5.92 Å². The zero-order valence-electron chi connectivity index (χ0n) is 37.5. The lowest BCUT2D eigenvalue weighted by Crippen LogP contribution is -2.63. The highest BCUT2D eigenvalue weighted by molar-refractivity contribution is 8.22. The van der Waals surface area contributed by atoms with E-state index in [0.717, 1.165) is 16.7 Å². The minimum Gasteiger partial charge on any atom is -0.495 e. The highest BCUT2D eigenvalue weighted by atomic mass is 35.5. The maximum Gasteiger partial charge on any atom is 0.409 e. The number of methoxy groups -OCH3 is 2. The molecule has 3 heterocycles. The van der Waals surface area contributed by atoms with Gasteiger partial charge in [0.05, 0.1) is 25.3 Å². The van der Waals surface area contributed by atoms with Crippen LogP contribution < -0.4 is 25.6 Å². The van der Waals surface area contributed by atoms with Crippen LogP contribution in [0.1, 0.15) is 65.0 Å². The summed E-state index contributed by atoms with van der Waals surface area (Å²) >= 11 is 13.6.